The van der Waals surface area contributed by atoms with E-state index in [1.54, 1.807) is 0 Å². The van der Waals surface area contributed by atoms with Gasteiger partial charge in [-0.2, -0.15) is 0 Å². The fraction of sp³-hybridized carbons (Fsp3) is 1.00. The lowest BCUT2D eigenvalue weighted by molar-refractivity contribution is 0.403. The van der Waals surface area contributed by atoms with Crippen molar-refractivity contribution >= 4 is 8.80 Å². The molecule has 1 unspecified atom stereocenters. The maximum absolute atomic E-state index is 5.08. The number of hydrogen-bond donors (Lipinski definition) is 0. The second-order valence-electron chi connectivity index (χ2n) is 2.70. The van der Waals surface area contributed by atoms with E-state index in [-0.39, 0.29) is 8.80 Å². The average molecular weight is 129 g/mol. The van der Waals surface area contributed by atoms with Crippen LogP contribution in [0.4, 0.5) is 0 Å². The summed E-state index contributed by atoms with van der Waals surface area (Å²) in [6.07, 6.45) is 1.98. The Balaban J connectivity index is 1.87. The molecule has 0 amide bonds. The smallest absolute Gasteiger partial charge is 0.0807 e. The van der Waals surface area contributed by atoms with Crippen molar-refractivity contribution in [2.45, 2.75) is 31.7 Å². The van der Waals surface area contributed by atoms with Gasteiger partial charge in [-0.05, 0) is 6.42 Å². The van der Waals surface area contributed by atoms with Crippen molar-refractivity contribution in [3.63, 3.8) is 0 Å². The van der Waals surface area contributed by atoms with Crippen molar-refractivity contribution < 1.29 is 4.74 Å². The lowest BCUT2D eigenvalue weighted by Crippen LogP contribution is -2.00. The van der Waals surface area contributed by atoms with Crippen molar-refractivity contribution in [3.05, 3.63) is 0 Å². The van der Waals surface area contributed by atoms with Crippen LogP contribution in [0.1, 0.15) is 6.42 Å². The van der Waals surface area contributed by atoms with Crippen LogP contribution in [-0.4, -0.2) is 21.5 Å². The van der Waals surface area contributed by atoms with Crippen LogP contribution in [-0.2, 0) is 4.74 Å². The zero-order chi connectivity index (χ0) is 5.98. The fourth-order valence-electron chi connectivity index (χ4n) is 0.684. The van der Waals surface area contributed by atoms with E-state index in [0.717, 1.165) is 6.61 Å². The maximum atomic E-state index is 5.08. The van der Waals surface area contributed by atoms with Gasteiger partial charge in [0.25, 0.3) is 0 Å². The molecule has 1 fully saturated rings. The molecule has 47 valence electrons. The van der Waals surface area contributed by atoms with Crippen LogP contribution in [0.5, 0.6) is 0 Å². The van der Waals surface area contributed by atoms with Gasteiger partial charge in [-0.1, -0.05) is 19.1 Å². The predicted octanol–water partition coefficient (Wildman–Crippen LogP) is 1.53. The summed E-state index contributed by atoms with van der Waals surface area (Å²) in [7, 11) is 0.0302. The highest BCUT2D eigenvalue weighted by molar-refractivity contribution is 6.55. The van der Waals surface area contributed by atoms with E-state index in [2.05, 4.69) is 13.1 Å². The molecule has 1 saturated heterocycles. The summed E-state index contributed by atoms with van der Waals surface area (Å²) < 4.78 is 5.08. The first-order chi connectivity index (χ1) is 3.79. The third kappa shape index (κ3) is 2.48. The SMILES string of the molecule is C[Si](C)CCC1CO1. The maximum Gasteiger partial charge on any atom is 0.0807 e. The molecule has 0 bridgehead atoms. The molecule has 1 radical (unpaired) electrons. The molecule has 8 heavy (non-hydrogen) atoms. The van der Waals surface area contributed by atoms with E-state index in [4.69, 9.17) is 4.74 Å². The second-order valence-corrected chi connectivity index (χ2v) is 5.62. The quantitative estimate of drug-likeness (QED) is 0.416. The van der Waals surface area contributed by atoms with Gasteiger partial charge >= 0.3 is 0 Å². The Bertz CT molecular complexity index is 66.9. The van der Waals surface area contributed by atoms with Gasteiger partial charge < -0.3 is 4.74 Å². The third-order valence-corrected chi connectivity index (χ3v) is 2.66. The van der Waals surface area contributed by atoms with Crippen LogP contribution in [0, 0.1) is 0 Å². The average Bonchev–Trinajstić information content (AvgIpc) is 2.41. The normalized spacial score (nSPS) is 26.6. The molecule has 1 aliphatic rings. The second kappa shape index (κ2) is 2.64. The molecule has 0 aromatic rings. The van der Waals surface area contributed by atoms with Crippen LogP contribution in [0.15, 0.2) is 0 Å². The van der Waals surface area contributed by atoms with Gasteiger partial charge in [0, 0.05) is 8.80 Å². The van der Waals surface area contributed by atoms with E-state index >= 15 is 0 Å². The molecule has 0 aromatic heterocycles. The first-order valence-electron chi connectivity index (χ1n) is 3.19. The monoisotopic (exact) mass is 129 g/mol. The first-order valence-corrected chi connectivity index (χ1v) is 5.90. The van der Waals surface area contributed by atoms with E-state index in [1.165, 1.54) is 12.5 Å². The van der Waals surface area contributed by atoms with E-state index in [0.29, 0.717) is 6.10 Å². The minimum Gasteiger partial charge on any atom is -0.373 e. The van der Waals surface area contributed by atoms with Gasteiger partial charge in [-0.25, -0.2) is 0 Å². The van der Waals surface area contributed by atoms with Gasteiger partial charge in [-0.3, -0.25) is 0 Å². The number of rotatable bonds is 3. The lowest BCUT2D eigenvalue weighted by atomic mass is 10.4. The topological polar surface area (TPSA) is 12.5 Å². The molecule has 0 saturated carbocycles. The lowest BCUT2D eigenvalue weighted by Gasteiger charge is -1.96. The molecule has 0 aliphatic carbocycles. The van der Waals surface area contributed by atoms with Crippen molar-refractivity contribution in [1.29, 1.82) is 0 Å². The zero-order valence-corrected chi connectivity index (χ0v) is 6.61. The summed E-state index contributed by atoms with van der Waals surface area (Å²) in [5, 5.41) is 0. The third-order valence-electron chi connectivity index (χ3n) is 1.37. The van der Waals surface area contributed by atoms with Crippen molar-refractivity contribution in [2.24, 2.45) is 0 Å². The van der Waals surface area contributed by atoms with Crippen LogP contribution in [0.25, 0.3) is 0 Å². The van der Waals surface area contributed by atoms with E-state index in [1.807, 2.05) is 0 Å². The Morgan fingerprint density at radius 2 is 2.25 bits per heavy atom. The molecule has 1 aliphatic heterocycles. The van der Waals surface area contributed by atoms with Crippen molar-refractivity contribution in [1.82, 2.24) is 0 Å². The summed E-state index contributed by atoms with van der Waals surface area (Å²) in [6, 6.07) is 1.43. The largest absolute Gasteiger partial charge is 0.373 e. The predicted molar refractivity (Wildman–Crippen MR) is 36.6 cm³/mol. The van der Waals surface area contributed by atoms with Crippen LogP contribution >= 0.6 is 0 Å². The minimum atomic E-state index is 0.0302. The Hall–Kier alpha value is 0.177. The van der Waals surface area contributed by atoms with Crippen molar-refractivity contribution in [2.75, 3.05) is 6.61 Å². The highest BCUT2D eigenvalue weighted by Gasteiger charge is 2.21. The molecule has 0 aromatic carbocycles. The van der Waals surface area contributed by atoms with Crippen molar-refractivity contribution in [3.8, 4) is 0 Å². The Morgan fingerprint density at radius 3 is 2.62 bits per heavy atom. The molecule has 0 N–H and O–H groups in total. The number of ether oxygens (including phenoxy) is 1. The van der Waals surface area contributed by atoms with E-state index in [9.17, 15) is 0 Å². The molecule has 0 spiro atoms. The summed E-state index contributed by atoms with van der Waals surface area (Å²) in [6.45, 7) is 5.75. The highest BCUT2D eigenvalue weighted by atomic mass is 28.3. The Kier molecular flexibility index (Phi) is 2.08. The highest BCUT2D eigenvalue weighted by Crippen LogP contribution is 2.16. The molecule has 2 heteroatoms. The summed E-state index contributed by atoms with van der Waals surface area (Å²) in [4.78, 5) is 0. The summed E-state index contributed by atoms with van der Waals surface area (Å²) >= 11 is 0. The Morgan fingerprint density at radius 1 is 1.62 bits per heavy atom. The molecule has 1 atom stereocenters. The zero-order valence-electron chi connectivity index (χ0n) is 5.61. The van der Waals surface area contributed by atoms with Gasteiger partial charge in [0.2, 0.25) is 0 Å². The Labute approximate surface area is 52.6 Å². The molecule has 1 heterocycles. The fourth-order valence-corrected chi connectivity index (χ4v) is 1.58. The van der Waals surface area contributed by atoms with Crippen LogP contribution in [0.2, 0.25) is 19.1 Å². The number of epoxide rings is 1. The summed E-state index contributed by atoms with van der Waals surface area (Å²) in [5.74, 6) is 0. The molecular formula is C6H13OSi. The van der Waals surface area contributed by atoms with Crippen LogP contribution < -0.4 is 0 Å². The van der Waals surface area contributed by atoms with Gasteiger partial charge in [0.05, 0.1) is 12.7 Å². The molecule has 1 rings (SSSR count). The van der Waals surface area contributed by atoms with Crippen LogP contribution in [0.3, 0.4) is 0 Å². The van der Waals surface area contributed by atoms with Gasteiger partial charge in [0.1, 0.15) is 0 Å². The summed E-state index contributed by atoms with van der Waals surface area (Å²) in [5.41, 5.74) is 0. The van der Waals surface area contributed by atoms with Gasteiger partial charge in [0.15, 0.2) is 0 Å². The molecule has 1 nitrogen and oxygen atoms in total. The minimum absolute atomic E-state index is 0.0302. The molecular weight excluding hydrogens is 116 g/mol. The standard InChI is InChI=1S/C6H13OSi/c1-8(2)4-3-6-5-7-6/h6H,3-5H2,1-2H3. The first kappa shape index (κ1) is 6.30. The number of hydrogen-bond acceptors (Lipinski definition) is 1. The van der Waals surface area contributed by atoms with E-state index < -0.39 is 0 Å². The van der Waals surface area contributed by atoms with Gasteiger partial charge in [-0.15, -0.1) is 0 Å².